The van der Waals surface area contributed by atoms with Gasteiger partial charge in [0.1, 0.15) is 12.4 Å². The van der Waals surface area contributed by atoms with E-state index >= 15 is 0 Å². The Morgan fingerprint density at radius 3 is 2.83 bits per heavy atom. The third kappa shape index (κ3) is 3.11. The number of carbonyl (C=O) groups excluding carboxylic acids is 1. The number of halogens is 1. The highest BCUT2D eigenvalue weighted by Gasteiger charge is 2.10. The van der Waals surface area contributed by atoms with Crippen molar-refractivity contribution in [2.24, 2.45) is 0 Å². The van der Waals surface area contributed by atoms with Crippen molar-refractivity contribution in [2.45, 2.75) is 13.5 Å². The fourth-order valence-electron chi connectivity index (χ4n) is 2.29. The molecule has 0 saturated heterocycles. The van der Waals surface area contributed by atoms with Crippen molar-refractivity contribution in [3.05, 3.63) is 70.4 Å². The number of anilines is 1. The van der Waals surface area contributed by atoms with Crippen molar-refractivity contribution in [1.82, 2.24) is 9.55 Å². The van der Waals surface area contributed by atoms with Crippen LogP contribution in [0.15, 0.2) is 53.5 Å². The number of nitrogens with one attached hydrogen (secondary N) is 1. The molecule has 23 heavy (non-hydrogen) atoms. The molecule has 0 aliphatic rings. The zero-order chi connectivity index (χ0) is 16.4. The Morgan fingerprint density at radius 1 is 1.26 bits per heavy atom. The van der Waals surface area contributed by atoms with E-state index in [4.69, 9.17) is 0 Å². The number of aryl methyl sites for hydroxylation is 1. The van der Waals surface area contributed by atoms with E-state index in [2.05, 4.69) is 10.3 Å². The summed E-state index contributed by atoms with van der Waals surface area (Å²) in [6, 6.07) is 11.5. The van der Waals surface area contributed by atoms with Gasteiger partial charge >= 0.3 is 0 Å². The van der Waals surface area contributed by atoms with E-state index in [0.29, 0.717) is 22.3 Å². The van der Waals surface area contributed by atoms with Crippen LogP contribution in [0.5, 0.6) is 0 Å². The van der Waals surface area contributed by atoms with Crippen LogP contribution >= 0.6 is 0 Å². The lowest BCUT2D eigenvalue weighted by Crippen LogP contribution is -2.28. The average molecular weight is 311 g/mol. The number of aromatic nitrogens is 2. The van der Waals surface area contributed by atoms with Gasteiger partial charge in [-0.1, -0.05) is 18.2 Å². The Labute approximate surface area is 131 Å². The van der Waals surface area contributed by atoms with Crippen LogP contribution in [-0.4, -0.2) is 15.5 Å². The molecule has 0 bridgehead atoms. The first-order chi connectivity index (χ1) is 11.0. The second-order valence-corrected chi connectivity index (χ2v) is 5.18. The van der Waals surface area contributed by atoms with Crippen molar-refractivity contribution >= 4 is 22.6 Å². The number of carbonyl (C=O) groups is 1. The Morgan fingerprint density at radius 2 is 2.04 bits per heavy atom. The number of hydrogen-bond donors (Lipinski definition) is 1. The first-order valence-electron chi connectivity index (χ1n) is 7.05. The van der Waals surface area contributed by atoms with Gasteiger partial charge in [-0.25, -0.2) is 9.37 Å². The number of rotatable bonds is 3. The number of nitrogens with zero attached hydrogens (tertiary/aromatic N) is 2. The third-order valence-electron chi connectivity index (χ3n) is 3.51. The van der Waals surface area contributed by atoms with Gasteiger partial charge in [0.15, 0.2) is 0 Å². The van der Waals surface area contributed by atoms with Gasteiger partial charge in [-0.15, -0.1) is 0 Å². The lowest BCUT2D eigenvalue weighted by atomic mass is 10.2. The van der Waals surface area contributed by atoms with E-state index in [1.54, 1.807) is 43.3 Å². The van der Waals surface area contributed by atoms with Crippen LogP contribution in [0.4, 0.5) is 10.1 Å². The van der Waals surface area contributed by atoms with Crippen LogP contribution < -0.4 is 10.9 Å². The maximum Gasteiger partial charge on any atom is 0.269 e. The zero-order valence-electron chi connectivity index (χ0n) is 12.4. The summed E-state index contributed by atoms with van der Waals surface area (Å²) >= 11 is 0. The van der Waals surface area contributed by atoms with Crippen LogP contribution in [0, 0.1) is 12.7 Å². The minimum atomic E-state index is -0.410. The minimum absolute atomic E-state index is 0.169. The highest BCUT2D eigenvalue weighted by atomic mass is 19.1. The highest BCUT2D eigenvalue weighted by Crippen LogP contribution is 2.14. The summed E-state index contributed by atoms with van der Waals surface area (Å²) in [4.78, 5) is 28.2. The van der Waals surface area contributed by atoms with E-state index in [1.165, 1.54) is 16.8 Å². The summed E-state index contributed by atoms with van der Waals surface area (Å²) in [7, 11) is 0. The van der Waals surface area contributed by atoms with Gasteiger partial charge in [-0.05, 0) is 36.8 Å². The highest BCUT2D eigenvalue weighted by molar-refractivity contribution is 5.91. The van der Waals surface area contributed by atoms with Crippen molar-refractivity contribution in [3.63, 3.8) is 0 Å². The molecule has 3 rings (SSSR count). The molecule has 1 N–H and O–H groups in total. The van der Waals surface area contributed by atoms with Gasteiger partial charge < -0.3 is 5.32 Å². The van der Waals surface area contributed by atoms with Gasteiger partial charge in [-0.3, -0.25) is 14.2 Å². The Balaban J connectivity index is 1.87. The van der Waals surface area contributed by atoms with E-state index in [1.807, 2.05) is 0 Å². The topological polar surface area (TPSA) is 64.0 Å². The van der Waals surface area contributed by atoms with Crippen molar-refractivity contribution in [3.8, 4) is 0 Å². The molecule has 1 aromatic heterocycles. The summed E-state index contributed by atoms with van der Waals surface area (Å²) in [5, 5.41) is 2.59. The molecular weight excluding hydrogens is 297 g/mol. The summed E-state index contributed by atoms with van der Waals surface area (Å²) in [6.07, 6.45) is 1.18. The second-order valence-electron chi connectivity index (χ2n) is 5.18. The first-order valence-corrected chi connectivity index (χ1v) is 7.05. The predicted molar refractivity (Wildman–Crippen MR) is 85.8 cm³/mol. The molecule has 1 amide bonds. The normalized spacial score (nSPS) is 10.7. The van der Waals surface area contributed by atoms with E-state index in [0.717, 1.165) is 0 Å². The Kier molecular flexibility index (Phi) is 3.89. The third-order valence-corrected chi connectivity index (χ3v) is 3.51. The summed E-state index contributed by atoms with van der Waals surface area (Å²) in [6.45, 7) is 1.47. The predicted octanol–water partition coefficient (Wildman–Crippen LogP) is 2.48. The molecular formula is C17H14FN3O2. The van der Waals surface area contributed by atoms with Gasteiger partial charge in [0, 0.05) is 5.69 Å². The van der Waals surface area contributed by atoms with E-state index in [9.17, 15) is 14.0 Å². The molecule has 5 nitrogen and oxygen atoms in total. The quantitative estimate of drug-likeness (QED) is 0.808. The average Bonchev–Trinajstić information content (AvgIpc) is 2.54. The number of hydrogen-bond acceptors (Lipinski definition) is 3. The SMILES string of the molecule is Cc1ccc(NC(=O)Cn2c(=O)cnc3ccccc32)cc1F. The molecule has 0 aliphatic heterocycles. The molecule has 0 spiro atoms. The molecule has 2 aromatic carbocycles. The molecule has 116 valence electrons. The fourth-order valence-corrected chi connectivity index (χ4v) is 2.29. The van der Waals surface area contributed by atoms with Crippen LogP contribution in [-0.2, 0) is 11.3 Å². The summed E-state index contributed by atoms with van der Waals surface area (Å²) in [5.74, 6) is -0.805. The number of amides is 1. The second kappa shape index (κ2) is 6.00. The zero-order valence-corrected chi connectivity index (χ0v) is 12.4. The van der Waals surface area contributed by atoms with Gasteiger partial charge in [-0.2, -0.15) is 0 Å². The van der Waals surface area contributed by atoms with Crippen LogP contribution in [0.25, 0.3) is 11.0 Å². The number of fused-ring (bicyclic) bond motifs is 1. The van der Waals surface area contributed by atoms with E-state index < -0.39 is 11.7 Å². The van der Waals surface area contributed by atoms with Gasteiger partial charge in [0.05, 0.1) is 17.2 Å². The molecule has 0 radical (unpaired) electrons. The monoisotopic (exact) mass is 311 g/mol. The molecule has 1 heterocycles. The summed E-state index contributed by atoms with van der Waals surface area (Å²) in [5.41, 5.74) is 1.68. The smallest absolute Gasteiger partial charge is 0.269 e. The lowest BCUT2D eigenvalue weighted by molar-refractivity contribution is -0.116. The maximum atomic E-state index is 13.5. The Bertz CT molecular complexity index is 950. The first kappa shape index (κ1) is 14.9. The Hall–Kier alpha value is -3.02. The van der Waals surface area contributed by atoms with Crippen molar-refractivity contribution in [1.29, 1.82) is 0 Å². The molecule has 0 fully saturated rings. The van der Waals surface area contributed by atoms with Gasteiger partial charge in [0.25, 0.3) is 5.56 Å². The molecule has 0 aliphatic carbocycles. The number of benzene rings is 2. The molecule has 3 aromatic rings. The lowest BCUT2D eigenvalue weighted by Gasteiger charge is -2.10. The molecule has 0 atom stereocenters. The van der Waals surface area contributed by atoms with Crippen molar-refractivity contribution in [2.75, 3.05) is 5.32 Å². The maximum absolute atomic E-state index is 13.5. The molecule has 6 heteroatoms. The summed E-state index contributed by atoms with van der Waals surface area (Å²) < 4.78 is 14.8. The van der Waals surface area contributed by atoms with E-state index in [-0.39, 0.29) is 12.1 Å². The molecule has 0 unspecified atom stereocenters. The minimum Gasteiger partial charge on any atom is -0.324 e. The standard InChI is InChI=1S/C17H14FN3O2/c1-11-6-7-12(8-13(11)18)20-16(22)10-21-15-5-3-2-4-14(15)19-9-17(21)23/h2-9H,10H2,1H3,(H,20,22). The van der Waals surface area contributed by atoms with Crippen LogP contribution in [0.1, 0.15) is 5.56 Å². The van der Waals surface area contributed by atoms with Crippen LogP contribution in [0.2, 0.25) is 0 Å². The van der Waals surface area contributed by atoms with Crippen molar-refractivity contribution < 1.29 is 9.18 Å². The number of para-hydroxylation sites is 2. The van der Waals surface area contributed by atoms with Gasteiger partial charge in [0.2, 0.25) is 5.91 Å². The molecule has 0 saturated carbocycles. The van der Waals surface area contributed by atoms with Crippen LogP contribution in [0.3, 0.4) is 0 Å². The fraction of sp³-hybridized carbons (Fsp3) is 0.118. The largest absolute Gasteiger partial charge is 0.324 e.